The topological polar surface area (TPSA) is 75.8 Å². The molecular formula is C9H17N3. The molecule has 3 heteroatoms. The number of rotatable bonds is 2. The molecule has 2 unspecified atom stereocenters. The molecule has 0 aromatic heterocycles. The normalized spacial score (nSPS) is 35.9. The van der Waals surface area contributed by atoms with Gasteiger partial charge in [-0.05, 0) is 19.3 Å². The highest BCUT2D eigenvalue weighted by molar-refractivity contribution is 4.98. The molecule has 4 N–H and O–H groups in total. The van der Waals surface area contributed by atoms with Crippen molar-refractivity contribution < 1.29 is 0 Å². The fraction of sp³-hybridized carbons (Fsp3) is 0.889. The zero-order chi connectivity index (χ0) is 9.03. The van der Waals surface area contributed by atoms with Crippen molar-refractivity contribution in [2.75, 3.05) is 0 Å². The molecule has 0 spiro atoms. The van der Waals surface area contributed by atoms with Gasteiger partial charge in [-0.25, -0.2) is 0 Å². The number of nitrogens with zero attached hydrogens (tertiary/aromatic N) is 1. The lowest BCUT2D eigenvalue weighted by atomic mass is 9.76. The van der Waals surface area contributed by atoms with E-state index in [4.69, 9.17) is 16.7 Å². The molecule has 68 valence electrons. The van der Waals surface area contributed by atoms with Gasteiger partial charge in [0.2, 0.25) is 0 Å². The summed E-state index contributed by atoms with van der Waals surface area (Å²) in [5.74, 6) is 0. The molecule has 0 heterocycles. The van der Waals surface area contributed by atoms with Crippen molar-refractivity contribution in [1.29, 1.82) is 5.26 Å². The van der Waals surface area contributed by atoms with E-state index in [1.807, 2.05) is 0 Å². The Balaban J connectivity index is 2.48. The van der Waals surface area contributed by atoms with Crippen LogP contribution in [0, 0.1) is 11.3 Å². The van der Waals surface area contributed by atoms with Crippen molar-refractivity contribution in [3.8, 4) is 6.07 Å². The predicted octanol–water partition coefficient (Wildman–Crippen LogP) is 0.889. The van der Waals surface area contributed by atoms with E-state index in [1.54, 1.807) is 0 Å². The van der Waals surface area contributed by atoms with Crippen LogP contribution in [0.4, 0.5) is 0 Å². The Morgan fingerprint density at radius 1 is 1.50 bits per heavy atom. The van der Waals surface area contributed by atoms with E-state index >= 15 is 0 Å². The van der Waals surface area contributed by atoms with Crippen LogP contribution in [0.15, 0.2) is 0 Å². The summed E-state index contributed by atoms with van der Waals surface area (Å²) in [5, 5.41) is 8.45. The van der Waals surface area contributed by atoms with Crippen LogP contribution in [0.5, 0.6) is 0 Å². The van der Waals surface area contributed by atoms with Crippen molar-refractivity contribution in [3.05, 3.63) is 0 Å². The Hall–Kier alpha value is -0.590. The van der Waals surface area contributed by atoms with Gasteiger partial charge in [0.1, 0.15) is 0 Å². The Kier molecular flexibility index (Phi) is 3.07. The molecule has 1 fully saturated rings. The molecule has 0 aromatic carbocycles. The van der Waals surface area contributed by atoms with Gasteiger partial charge in [-0.1, -0.05) is 12.8 Å². The Bertz CT molecular complexity index is 185. The van der Waals surface area contributed by atoms with Gasteiger partial charge in [0, 0.05) is 18.0 Å². The van der Waals surface area contributed by atoms with Gasteiger partial charge < -0.3 is 11.5 Å². The Morgan fingerprint density at radius 2 is 2.25 bits per heavy atom. The van der Waals surface area contributed by atoms with E-state index in [2.05, 4.69) is 6.07 Å². The zero-order valence-corrected chi connectivity index (χ0v) is 7.42. The van der Waals surface area contributed by atoms with E-state index in [-0.39, 0.29) is 11.6 Å². The molecule has 0 bridgehead atoms. The fourth-order valence-corrected chi connectivity index (χ4v) is 1.89. The standard InChI is InChI=1S/C9H17N3/c10-7-3-6-9(12)5-2-1-4-8(9)11/h8H,1-6,11-12H2. The smallest absolute Gasteiger partial charge is 0.0622 e. The minimum absolute atomic E-state index is 0.0969. The highest BCUT2D eigenvalue weighted by atomic mass is 14.9. The van der Waals surface area contributed by atoms with Gasteiger partial charge in [-0.15, -0.1) is 0 Å². The average molecular weight is 167 g/mol. The van der Waals surface area contributed by atoms with E-state index < -0.39 is 0 Å². The highest BCUT2D eigenvalue weighted by Gasteiger charge is 2.33. The summed E-state index contributed by atoms with van der Waals surface area (Å²) >= 11 is 0. The SMILES string of the molecule is N#CCCC1(N)CCCCC1N. The number of nitriles is 1. The van der Waals surface area contributed by atoms with E-state index in [9.17, 15) is 0 Å². The summed E-state index contributed by atoms with van der Waals surface area (Å²) in [6, 6.07) is 2.22. The second-order valence-corrected chi connectivity index (χ2v) is 3.74. The average Bonchev–Trinajstić information content (AvgIpc) is 2.07. The maximum atomic E-state index is 8.45. The lowest BCUT2D eigenvalue weighted by molar-refractivity contribution is 0.239. The number of hydrogen-bond acceptors (Lipinski definition) is 3. The molecule has 1 aliphatic rings. The largest absolute Gasteiger partial charge is 0.326 e. The molecule has 12 heavy (non-hydrogen) atoms. The molecule has 0 aliphatic heterocycles. The van der Waals surface area contributed by atoms with Crippen molar-refractivity contribution in [2.45, 2.75) is 50.1 Å². The van der Waals surface area contributed by atoms with Crippen LogP contribution in [-0.2, 0) is 0 Å². The minimum Gasteiger partial charge on any atom is -0.326 e. The van der Waals surface area contributed by atoms with Gasteiger partial charge in [0.05, 0.1) is 6.07 Å². The predicted molar refractivity (Wildman–Crippen MR) is 48.2 cm³/mol. The van der Waals surface area contributed by atoms with Crippen LogP contribution >= 0.6 is 0 Å². The summed E-state index contributed by atoms with van der Waals surface area (Å²) in [4.78, 5) is 0. The van der Waals surface area contributed by atoms with Gasteiger partial charge in [-0.3, -0.25) is 0 Å². The van der Waals surface area contributed by atoms with Gasteiger partial charge in [0.25, 0.3) is 0 Å². The summed E-state index contributed by atoms with van der Waals surface area (Å²) in [5.41, 5.74) is 11.8. The van der Waals surface area contributed by atoms with Gasteiger partial charge in [-0.2, -0.15) is 5.26 Å². The van der Waals surface area contributed by atoms with Crippen molar-refractivity contribution in [2.24, 2.45) is 11.5 Å². The van der Waals surface area contributed by atoms with Gasteiger partial charge in [0.15, 0.2) is 0 Å². The van der Waals surface area contributed by atoms with Crippen molar-refractivity contribution in [3.63, 3.8) is 0 Å². The van der Waals surface area contributed by atoms with E-state index in [0.717, 1.165) is 25.7 Å². The third kappa shape index (κ3) is 1.96. The molecule has 0 aromatic rings. The first kappa shape index (κ1) is 9.50. The van der Waals surface area contributed by atoms with Crippen molar-refractivity contribution in [1.82, 2.24) is 0 Å². The molecule has 1 aliphatic carbocycles. The lowest BCUT2D eigenvalue weighted by Gasteiger charge is -2.38. The first-order chi connectivity index (χ1) is 5.69. The van der Waals surface area contributed by atoms with Crippen molar-refractivity contribution >= 4 is 0 Å². The Labute approximate surface area is 73.7 Å². The van der Waals surface area contributed by atoms with E-state index in [1.165, 1.54) is 6.42 Å². The molecule has 2 atom stereocenters. The monoisotopic (exact) mass is 167 g/mol. The molecule has 1 rings (SSSR count). The molecular weight excluding hydrogens is 150 g/mol. The third-order valence-electron chi connectivity index (χ3n) is 2.85. The quantitative estimate of drug-likeness (QED) is 0.641. The molecule has 0 saturated heterocycles. The summed E-state index contributed by atoms with van der Waals surface area (Å²) in [7, 11) is 0. The molecule has 1 saturated carbocycles. The second-order valence-electron chi connectivity index (χ2n) is 3.74. The van der Waals surface area contributed by atoms with Crippen LogP contribution in [0.3, 0.4) is 0 Å². The zero-order valence-electron chi connectivity index (χ0n) is 7.42. The summed E-state index contributed by atoms with van der Waals surface area (Å²) < 4.78 is 0. The fourth-order valence-electron chi connectivity index (χ4n) is 1.89. The van der Waals surface area contributed by atoms with Gasteiger partial charge >= 0.3 is 0 Å². The first-order valence-electron chi connectivity index (χ1n) is 4.60. The van der Waals surface area contributed by atoms with Crippen LogP contribution in [0.1, 0.15) is 38.5 Å². The molecule has 3 nitrogen and oxygen atoms in total. The summed E-state index contributed by atoms with van der Waals surface area (Å²) in [6.07, 6.45) is 5.63. The third-order valence-corrected chi connectivity index (χ3v) is 2.85. The first-order valence-corrected chi connectivity index (χ1v) is 4.60. The maximum Gasteiger partial charge on any atom is 0.0622 e. The van der Waals surface area contributed by atoms with Crippen LogP contribution in [-0.4, -0.2) is 11.6 Å². The van der Waals surface area contributed by atoms with Crippen LogP contribution in [0.2, 0.25) is 0 Å². The molecule has 0 amide bonds. The number of hydrogen-bond donors (Lipinski definition) is 2. The summed E-state index contributed by atoms with van der Waals surface area (Å²) in [6.45, 7) is 0. The Morgan fingerprint density at radius 3 is 2.83 bits per heavy atom. The maximum absolute atomic E-state index is 8.45. The second kappa shape index (κ2) is 3.88. The highest BCUT2D eigenvalue weighted by Crippen LogP contribution is 2.28. The van der Waals surface area contributed by atoms with Crippen LogP contribution in [0.25, 0.3) is 0 Å². The van der Waals surface area contributed by atoms with Crippen LogP contribution < -0.4 is 11.5 Å². The minimum atomic E-state index is -0.256. The number of nitrogens with two attached hydrogens (primary N) is 2. The molecule has 0 radical (unpaired) electrons. The van der Waals surface area contributed by atoms with E-state index in [0.29, 0.717) is 6.42 Å². The lowest BCUT2D eigenvalue weighted by Crippen LogP contribution is -2.56.